The summed E-state index contributed by atoms with van der Waals surface area (Å²) in [6.45, 7) is 3.59. The van der Waals surface area contributed by atoms with E-state index in [1.54, 1.807) is 0 Å². The van der Waals surface area contributed by atoms with Crippen molar-refractivity contribution in [2.24, 2.45) is 0 Å². The van der Waals surface area contributed by atoms with Crippen LogP contribution in [0.1, 0.15) is 47.5 Å². The Labute approximate surface area is 106 Å². The molecule has 1 aromatic heterocycles. The minimum Gasteiger partial charge on any atom is -0.375 e. The fourth-order valence-corrected chi connectivity index (χ4v) is 3.01. The fourth-order valence-electron chi connectivity index (χ4n) is 2.21. The van der Waals surface area contributed by atoms with Crippen LogP contribution in [0.5, 0.6) is 0 Å². The Kier molecular flexibility index (Phi) is 3.99. The molecule has 0 saturated carbocycles. The number of amides is 1. The van der Waals surface area contributed by atoms with Gasteiger partial charge in [-0.1, -0.05) is 30.6 Å². The number of carbonyl (C=O) groups is 1. The van der Waals surface area contributed by atoms with Crippen molar-refractivity contribution in [3.63, 3.8) is 0 Å². The van der Waals surface area contributed by atoms with Crippen molar-refractivity contribution in [1.29, 1.82) is 0 Å². The van der Waals surface area contributed by atoms with E-state index in [9.17, 15) is 4.79 Å². The van der Waals surface area contributed by atoms with Gasteiger partial charge in [-0.25, -0.2) is 4.98 Å². The van der Waals surface area contributed by atoms with Gasteiger partial charge in [0.2, 0.25) is 0 Å². The first kappa shape index (κ1) is 12.4. The second kappa shape index (κ2) is 5.49. The van der Waals surface area contributed by atoms with E-state index in [2.05, 4.69) is 4.98 Å². The molecule has 5 heteroatoms. The number of aryl methyl sites for hydroxylation is 1. The number of likely N-dealkylation sites (tertiary alicyclic amines) is 1. The van der Waals surface area contributed by atoms with Gasteiger partial charge in [-0.2, -0.15) is 0 Å². The van der Waals surface area contributed by atoms with Crippen LogP contribution in [0.15, 0.2) is 0 Å². The van der Waals surface area contributed by atoms with Crippen molar-refractivity contribution in [3.8, 4) is 0 Å². The van der Waals surface area contributed by atoms with Crippen LogP contribution in [0.25, 0.3) is 0 Å². The van der Waals surface area contributed by atoms with Crippen LogP contribution in [-0.4, -0.2) is 28.9 Å². The second-order valence-corrected chi connectivity index (χ2v) is 5.56. The molecule has 1 fully saturated rings. The topological polar surface area (TPSA) is 59.2 Å². The summed E-state index contributed by atoms with van der Waals surface area (Å²) in [6, 6.07) is 0. The van der Waals surface area contributed by atoms with Crippen LogP contribution < -0.4 is 5.73 Å². The van der Waals surface area contributed by atoms with Crippen LogP contribution >= 0.6 is 11.3 Å². The van der Waals surface area contributed by atoms with E-state index in [1.165, 1.54) is 30.6 Å². The lowest BCUT2D eigenvalue weighted by Crippen LogP contribution is -2.33. The Bertz CT molecular complexity index is 394. The number of nitrogen functional groups attached to an aromatic ring is 1. The van der Waals surface area contributed by atoms with E-state index in [0.29, 0.717) is 10.0 Å². The first-order valence-electron chi connectivity index (χ1n) is 6.20. The standard InChI is InChI=1S/C12H19N3OS/c1-9-10(17-12(13)14-9)11(16)15-7-5-3-2-4-6-8-15/h2-8H2,1H3,(H2,13,14). The van der Waals surface area contributed by atoms with Gasteiger partial charge >= 0.3 is 0 Å². The Hall–Kier alpha value is -1.10. The van der Waals surface area contributed by atoms with E-state index in [4.69, 9.17) is 5.73 Å². The summed E-state index contributed by atoms with van der Waals surface area (Å²) in [5.74, 6) is 0.110. The third-order valence-electron chi connectivity index (χ3n) is 3.15. The molecule has 2 N–H and O–H groups in total. The number of thiazole rings is 1. The molecule has 0 radical (unpaired) electrons. The van der Waals surface area contributed by atoms with Crippen molar-refractivity contribution in [2.45, 2.75) is 39.0 Å². The highest BCUT2D eigenvalue weighted by molar-refractivity contribution is 7.17. The third kappa shape index (κ3) is 2.97. The summed E-state index contributed by atoms with van der Waals surface area (Å²) >= 11 is 1.30. The molecule has 94 valence electrons. The number of hydrogen-bond donors (Lipinski definition) is 1. The fraction of sp³-hybridized carbons (Fsp3) is 0.667. The summed E-state index contributed by atoms with van der Waals surface area (Å²) in [7, 11) is 0. The number of hydrogen-bond acceptors (Lipinski definition) is 4. The largest absolute Gasteiger partial charge is 0.375 e. The summed E-state index contributed by atoms with van der Waals surface area (Å²) < 4.78 is 0. The van der Waals surface area contributed by atoms with E-state index in [1.807, 2.05) is 11.8 Å². The first-order valence-corrected chi connectivity index (χ1v) is 7.02. The number of rotatable bonds is 1. The van der Waals surface area contributed by atoms with Gasteiger partial charge in [-0.3, -0.25) is 4.79 Å². The van der Waals surface area contributed by atoms with Crippen molar-refractivity contribution >= 4 is 22.4 Å². The van der Waals surface area contributed by atoms with Gasteiger partial charge in [0.25, 0.3) is 5.91 Å². The van der Waals surface area contributed by atoms with Crippen molar-refractivity contribution in [2.75, 3.05) is 18.8 Å². The van der Waals surface area contributed by atoms with Crippen molar-refractivity contribution < 1.29 is 4.79 Å². The molecule has 1 saturated heterocycles. The summed E-state index contributed by atoms with van der Waals surface area (Å²) in [6.07, 6.45) is 5.98. The SMILES string of the molecule is Cc1nc(N)sc1C(=O)N1CCCCCCC1. The molecule has 17 heavy (non-hydrogen) atoms. The lowest BCUT2D eigenvalue weighted by molar-refractivity contribution is 0.0746. The normalized spacial score (nSPS) is 17.6. The quantitative estimate of drug-likeness (QED) is 0.836. The summed E-state index contributed by atoms with van der Waals surface area (Å²) in [5.41, 5.74) is 6.40. The molecule has 1 aromatic rings. The highest BCUT2D eigenvalue weighted by Gasteiger charge is 2.21. The number of nitrogens with two attached hydrogens (primary N) is 1. The molecule has 0 bridgehead atoms. The Morgan fingerprint density at radius 1 is 1.24 bits per heavy atom. The average Bonchev–Trinajstić information content (AvgIpc) is 2.56. The number of aromatic nitrogens is 1. The maximum Gasteiger partial charge on any atom is 0.265 e. The summed E-state index contributed by atoms with van der Waals surface area (Å²) in [5, 5.41) is 0.484. The molecule has 1 aliphatic rings. The highest BCUT2D eigenvalue weighted by Crippen LogP contribution is 2.22. The van der Waals surface area contributed by atoms with Crippen LogP contribution in [-0.2, 0) is 0 Å². The van der Waals surface area contributed by atoms with Gasteiger partial charge in [-0.05, 0) is 19.8 Å². The third-order valence-corrected chi connectivity index (χ3v) is 4.13. The molecular formula is C12H19N3OS. The van der Waals surface area contributed by atoms with Gasteiger partial charge in [0, 0.05) is 13.1 Å². The molecule has 1 aliphatic heterocycles. The minimum absolute atomic E-state index is 0.110. The first-order chi connectivity index (χ1) is 8.18. The van der Waals surface area contributed by atoms with E-state index in [0.717, 1.165) is 31.6 Å². The highest BCUT2D eigenvalue weighted by atomic mass is 32.1. The van der Waals surface area contributed by atoms with Gasteiger partial charge in [0.1, 0.15) is 4.88 Å². The summed E-state index contributed by atoms with van der Waals surface area (Å²) in [4.78, 5) is 19.1. The maximum absolute atomic E-state index is 12.3. The Balaban J connectivity index is 2.09. The number of anilines is 1. The molecular weight excluding hydrogens is 234 g/mol. The molecule has 0 aromatic carbocycles. The predicted octanol–water partition coefficient (Wildman–Crippen LogP) is 2.44. The van der Waals surface area contributed by atoms with Crippen LogP contribution in [0, 0.1) is 6.92 Å². The molecule has 0 aliphatic carbocycles. The van der Waals surface area contributed by atoms with Gasteiger partial charge in [-0.15, -0.1) is 0 Å². The van der Waals surface area contributed by atoms with Crippen LogP contribution in [0.2, 0.25) is 0 Å². The minimum atomic E-state index is 0.110. The number of nitrogens with zero attached hydrogens (tertiary/aromatic N) is 2. The zero-order valence-corrected chi connectivity index (χ0v) is 11.1. The lowest BCUT2D eigenvalue weighted by atomic mass is 10.1. The predicted molar refractivity (Wildman–Crippen MR) is 70.3 cm³/mol. The maximum atomic E-state index is 12.3. The Morgan fingerprint density at radius 3 is 2.35 bits per heavy atom. The zero-order valence-electron chi connectivity index (χ0n) is 10.2. The van der Waals surface area contributed by atoms with Crippen LogP contribution in [0.3, 0.4) is 0 Å². The Morgan fingerprint density at radius 2 is 1.82 bits per heavy atom. The molecule has 1 amide bonds. The van der Waals surface area contributed by atoms with E-state index < -0.39 is 0 Å². The van der Waals surface area contributed by atoms with E-state index >= 15 is 0 Å². The smallest absolute Gasteiger partial charge is 0.265 e. The van der Waals surface area contributed by atoms with Gasteiger partial charge < -0.3 is 10.6 Å². The number of carbonyl (C=O) groups excluding carboxylic acids is 1. The van der Waals surface area contributed by atoms with Crippen molar-refractivity contribution in [1.82, 2.24) is 9.88 Å². The van der Waals surface area contributed by atoms with Crippen molar-refractivity contribution in [3.05, 3.63) is 10.6 Å². The monoisotopic (exact) mass is 253 g/mol. The molecule has 0 unspecified atom stereocenters. The van der Waals surface area contributed by atoms with E-state index in [-0.39, 0.29) is 5.91 Å². The molecule has 2 rings (SSSR count). The van der Waals surface area contributed by atoms with Crippen LogP contribution in [0.4, 0.5) is 5.13 Å². The average molecular weight is 253 g/mol. The zero-order chi connectivity index (χ0) is 12.3. The molecule has 0 atom stereocenters. The molecule has 0 spiro atoms. The lowest BCUT2D eigenvalue weighted by Gasteiger charge is -2.24. The molecule has 2 heterocycles. The second-order valence-electron chi connectivity index (χ2n) is 4.53. The van der Waals surface area contributed by atoms with Gasteiger partial charge in [0.05, 0.1) is 5.69 Å². The molecule has 4 nitrogen and oxygen atoms in total. The van der Waals surface area contributed by atoms with Gasteiger partial charge in [0.15, 0.2) is 5.13 Å².